The molecule has 3 aliphatic heterocycles. The molecule has 6 nitrogen and oxygen atoms in total. The highest BCUT2D eigenvalue weighted by atomic mass is 16.6. The molecule has 6 heteroatoms. The summed E-state index contributed by atoms with van der Waals surface area (Å²) in [5.41, 5.74) is 3.61. The number of piperidine rings is 2. The molecule has 0 aromatic heterocycles. The lowest BCUT2D eigenvalue weighted by Crippen LogP contribution is -2.52. The molecule has 4 aliphatic rings. The third-order valence-electron chi connectivity index (χ3n) is 8.37. The van der Waals surface area contributed by atoms with Crippen LogP contribution in [0.15, 0.2) is 30.3 Å². The second-order valence-electron chi connectivity index (χ2n) is 10.1. The van der Waals surface area contributed by atoms with Gasteiger partial charge < -0.3 is 19.4 Å². The van der Waals surface area contributed by atoms with Crippen LogP contribution in [0.4, 0.5) is 4.79 Å². The maximum Gasteiger partial charge on any atom is 0.409 e. The van der Waals surface area contributed by atoms with Crippen molar-refractivity contribution >= 4 is 17.6 Å². The standard InChI is InChI=1S/C27H37N3O3/c1-2-33-26(32)30-17-10-21(11-18-30)28-19-13-27(14-20-28)12-9-23(22-7-3-4-8-24(22)27)25(31)29-15-5-6-16-29/h3-4,7-9,21H,2,5-6,10-20H2,1H3. The molecule has 1 aromatic rings. The van der Waals surface area contributed by atoms with Gasteiger partial charge in [-0.15, -0.1) is 0 Å². The Morgan fingerprint density at radius 1 is 0.970 bits per heavy atom. The predicted molar refractivity (Wildman–Crippen MR) is 129 cm³/mol. The number of likely N-dealkylation sites (tertiary alicyclic amines) is 3. The van der Waals surface area contributed by atoms with E-state index in [4.69, 9.17) is 4.74 Å². The Balaban J connectivity index is 1.25. The van der Waals surface area contributed by atoms with Crippen LogP contribution >= 0.6 is 0 Å². The van der Waals surface area contributed by atoms with E-state index in [2.05, 4.69) is 35.2 Å². The summed E-state index contributed by atoms with van der Waals surface area (Å²) >= 11 is 0. The number of amides is 2. The fraction of sp³-hybridized carbons (Fsp3) is 0.630. The molecule has 33 heavy (non-hydrogen) atoms. The van der Waals surface area contributed by atoms with Crippen molar-refractivity contribution in [2.24, 2.45) is 0 Å². The number of allylic oxidation sites excluding steroid dienone is 1. The molecule has 0 saturated carbocycles. The van der Waals surface area contributed by atoms with Gasteiger partial charge in [-0.25, -0.2) is 4.79 Å². The Labute approximate surface area is 197 Å². The zero-order chi connectivity index (χ0) is 22.8. The lowest BCUT2D eigenvalue weighted by molar-refractivity contribution is -0.124. The topological polar surface area (TPSA) is 53.1 Å². The van der Waals surface area contributed by atoms with Gasteiger partial charge in [-0.3, -0.25) is 4.79 Å². The zero-order valence-corrected chi connectivity index (χ0v) is 19.9. The van der Waals surface area contributed by atoms with Crippen molar-refractivity contribution in [1.29, 1.82) is 0 Å². The number of hydrogen-bond donors (Lipinski definition) is 0. The number of rotatable bonds is 3. The molecule has 3 heterocycles. The molecule has 1 aliphatic carbocycles. The molecule has 3 saturated heterocycles. The van der Waals surface area contributed by atoms with Crippen LogP contribution in [0.25, 0.3) is 5.57 Å². The predicted octanol–water partition coefficient (Wildman–Crippen LogP) is 4.05. The number of carbonyl (C=O) groups is 2. The van der Waals surface area contributed by atoms with E-state index in [1.165, 1.54) is 5.56 Å². The van der Waals surface area contributed by atoms with Crippen molar-refractivity contribution in [2.75, 3.05) is 45.9 Å². The van der Waals surface area contributed by atoms with E-state index < -0.39 is 0 Å². The summed E-state index contributed by atoms with van der Waals surface area (Å²) in [7, 11) is 0. The van der Waals surface area contributed by atoms with Gasteiger partial charge in [0.2, 0.25) is 0 Å². The van der Waals surface area contributed by atoms with Gasteiger partial charge in [0, 0.05) is 43.2 Å². The van der Waals surface area contributed by atoms with Crippen molar-refractivity contribution in [3.63, 3.8) is 0 Å². The first-order chi connectivity index (χ1) is 16.1. The average molecular weight is 452 g/mol. The molecule has 0 radical (unpaired) electrons. The maximum absolute atomic E-state index is 13.2. The second kappa shape index (κ2) is 9.49. The van der Waals surface area contributed by atoms with E-state index in [9.17, 15) is 9.59 Å². The normalized spacial score (nSPS) is 23.4. The van der Waals surface area contributed by atoms with E-state index in [0.29, 0.717) is 12.6 Å². The van der Waals surface area contributed by atoms with Gasteiger partial charge in [0.05, 0.1) is 6.61 Å². The van der Waals surface area contributed by atoms with Crippen LogP contribution in [0, 0.1) is 0 Å². The molecule has 1 spiro atoms. The maximum atomic E-state index is 13.2. The molecule has 0 bridgehead atoms. The summed E-state index contributed by atoms with van der Waals surface area (Å²) in [6.45, 7) is 7.84. The minimum Gasteiger partial charge on any atom is -0.450 e. The van der Waals surface area contributed by atoms with Crippen LogP contribution in [0.3, 0.4) is 0 Å². The Kier molecular flexibility index (Phi) is 6.46. The third-order valence-corrected chi connectivity index (χ3v) is 8.37. The first kappa shape index (κ1) is 22.5. The summed E-state index contributed by atoms with van der Waals surface area (Å²) in [5.74, 6) is 0.223. The van der Waals surface area contributed by atoms with Crippen LogP contribution in [-0.4, -0.2) is 78.6 Å². The molecule has 0 unspecified atom stereocenters. The summed E-state index contributed by atoms with van der Waals surface area (Å²) in [4.78, 5) is 31.8. The van der Waals surface area contributed by atoms with Crippen molar-refractivity contribution in [1.82, 2.24) is 14.7 Å². The number of carbonyl (C=O) groups excluding carboxylic acids is 2. The Morgan fingerprint density at radius 2 is 1.67 bits per heavy atom. The van der Waals surface area contributed by atoms with E-state index in [-0.39, 0.29) is 17.4 Å². The highest BCUT2D eigenvalue weighted by Gasteiger charge is 2.42. The molecular weight excluding hydrogens is 414 g/mol. The smallest absolute Gasteiger partial charge is 0.409 e. The highest BCUT2D eigenvalue weighted by molar-refractivity contribution is 6.20. The summed E-state index contributed by atoms with van der Waals surface area (Å²) in [5, 5.41) is 0. The van der Waals surface area contributed by atoms with Crippen LogP contribution in [-0.2, 0) is 14.9 Å². The van der Waals surface area contributed by atoms with Gasteiger partial charge in [-0.2, -0.15) is 0 Å². The van der Waals surface area contributed by atoms with Gasteiger partial charge in [-0.1, -0.05) is 30.3 Å². The zero-order valence-electron chi connectivity index (χ0n) is 19.9. The second-order valence-corrected chi connectivity index (χ2v) is 10.1. The van der Waals surface area contributed by atoms with Gasteiger partial charge in [0.25, 0.3) is 5.91 Å². The number of benzene rings is 1. The minimum atomic E-state index is -0.168. The molecule has 0 N–H and O–H groups in total. The fourth-order valence-electron chi connectivity index (χ4n) is 6.41. The summed E-state index contributed by atoms with van der Waals surface area (Å²) in [6, 6.07) is 9.20. The Morgan fingerprint density at radius 3 is 2.36 bits per heavy atom. The highest BCUT2D eigenvalue weighted by Crippen LogP contribution is 2.46. The lowest BCUT2D eigenvalue weighted by atomic mass is 9.65. The first-order valence-electron chi connectivity index (χ1n) is 12.9. The van der Waals surface area contributed by atoms with Crippen LogP contribution in [0.5, 0.6) is 0 Å². The Hall–Kier alpha value is -2.34. The van der Waals surface area contributed by atoms with E-state index >= 15 is 0 Å². The van der Waals surface area contributed by atoms with Crippen molar-refractivity contribution < 1.29 is 14.3 Å². The number of fused-ring (bicyclic) bond motifs is 2. The van der Waals surface area contributed by atoms with E-state index in [1.807, 2.05) is 16.7 Å². The molecular formula is C27H37N3O3. The van der Waals surface area contributed by atoms with Gasteiger partial charge in [0.15, 0.2) is 0 Å². The molecule has 1 aromatic carbocycles. The monoisotopic (exact) mass is 451 g/mol. The lowest BCUT2D eigenvalue weighted by Gasteiger charge is -2.48. The molecule has 5 rings (SSSR count). The summed E-state index contributed by atoms with van der Waals surface area (Å²) in [6.07, 6.45) is 9.60. The van der Waals surface area contributed by atoms with Gasteiger partial charge in [-0.05, 0) is 76.1 Å². The molecule has 0 atom stereocenters. The third kappa shape index (κ3) is 4.30. The van der Waals surface area contributed by atoms with Gasteiger partial charge in [0.1, 0.15) is 0 Å². The minimum absolute atomic E-state index is 0.146. The van der Waals surface area contributed by atoms with Crippen LogP contribution in [0.2, 0.25) is 0 Å². The number of nitrogens with zero attached hydrogens (tertiary/aromatic N) is 3. The van der Waals surface area contributed by atoms with Crippen molar-refractivity contribution in [3.8, 4) is 0 Å². The van der Waals surface area contributed by atoms with Crippen molar-refractivity contribution in [2.45, 2.75) is 63.3 Å². The van der Waals surface area contributed by atoms with Crippen molar-refractivity contribution in [3.05, 3.63) is 41.5 Å². The number of hydrogen-bond acceptors (Lipinski definition) is 4. The molecule has 3 fully saturated rings. The average Bonchev–Trinajstić information content (AvgIpc) is 3.40. The first-order valence-corrected chi connectivity index (χ1v) is 12.9. The van der Waals surface area contributed by atoms with Crippen LogP contribution < -0.4 is 0 Å². The SMILES string of the molecule is CCOC(=O)N1CCC(N2CCC3(CC=C(C(=O)N4CCCC4)c4ccccc43)CC2)CC1. The van der Waals surface area contributed by atoms with E-state index in [1.54, 1.807) is 0 Å². The Bertz CT molecular complexity index is 905. The largest absolute Gasteiger partial charge is 0.450 e. The number of ether oxygens (including phenoxy) is 1. The van der Waals surface area contributed by atoms with Crippen LogP contribution in [0.1, 0.15) is 63.0 Å². The van der Waals surface area contributed by atoms with Gasteiger partial charge >= 0.3 is 6.09 Å². The quantitative estimate of drug-likeness (QED) is 0.696. The van der Waals surface area contributed by atoms with E-state index in [0.717, 1.165) is 95.4 Å². The molecule has 2 amide bonds. The fourth-order valence-corrected chi connectivity index (χ4v) is 6.41. The summed E-state index contributed by atoms with van der Waals surface area (Å²) < 4.78 is 5.17. The molecule has 178 valence electrons.